The Morgan fingerprint density at radius 2 is 1.84 bits per heavy atom. The maximum absolute atomic E-state index is 12.0. The summed E-state index contributed by atoms with van der Waals surface area (Å²) in [5.74, 6) is 0.558. The van der Waals surface area contributed by atoms with Gasteiger partial charge in [-0.25, -0.2) is 0 Å². The fraction of sp³-hybridized carbons (Fsp3) is 0.211. The summed E-state index contributed by atoms with van der Waals surface area (Å²) in [5, 5.41) is 13.5. The molecule has 0 aliphatic carbocycles. The third-order valence-corrected chi connectivity index (χ3v) is 3.58. The lowest BCUT2D eigenvalue weighted by Gasteiger charge is -2.13. The first-order valence-corrected chi connectivity index (χ1v) is 7.95. The molecule has 0 bridgehead atoms. The minimum Gasteiger partial charge on any atom is -0.494 e. The molecule has 0 fully saturated rings. The molecule has 2 aromatic rings. The third kappa shape index (κ3) is 5.46. The Morgan fingerprint density at radius 3 is 2.40 bits per heavy atom. The number of ether oxygens (including phenoxy) is 1. The molecule has 1 atom stereocenters. The number of carbonyl (C=O) groups is 1. The van der Waals surface area contributed by atoms with Crippen molar-refractivity contribution in [1.29, 1.82) is 0 Å². The van der Waals surface area contributed by atoms with E-state index in [0.29, 0.717) is 6.61 Å². The van der Waals surface area contributed by atoms with Crippen LogP contribution in [-0.2, 0) is 4.79 Å². The molecule has 0 spiro atoms. The standard InChI is InChI=1S/C19H20N2O4/c1-3-25-18-11-7-16(8-12-18)14(2)20-19(22)13-6-15-4-9-17(10-5-15)21(23)24/h4-14H,3H2,1-2H3,(H,20,22)/b13-6+. The number of amides is 1. The molecule has 1 unspecified atom stereocenters. The van der Waals surface area contributed by atoms with E-state index in [-0.39, 0.29) is 17.6 Å². The molecule has 0 heterocycles. The van der Waals surface area contributed by atoms with E-state index in [1.54, 1.807) is 18.2 Å². The summed E-state index contributed by atoms with van der Waals surface area (Å²) in [5.41, 5.74) is 1.71. The van der Waals surface area contributed by atoms with Gasteiger partial charge in [0.1, 0.15) is 5.75 Å². The van der Waals surface area contributed by atoms with Crippen LogP contribution in [-0.4, -0.2) is 17.4 Å². The smallest absolute Gasteiger partial charge is 0.269 e. The second-order valence-corrected chi connectivity index (χ2v) is 5.41. The highest BCUT2D eigenvalue weighted by atomic mass is 16.6. The number of nitrogens with zero attached hydrogens (tertiary/aromatic N) is 1. The largest absolute Gasteiger partial charge is 0.494 e. The van der Waals surface area contributed by atoms with Gasteiger partial charge in [-0.1, -0.05) is 12.1 Å². The van der Waals surface area contributed by atoms with Crippen LogP contribution in [0, 0.1) is 10.1 Å². The van der Waals surface area contributed by atoms with E-state index >= 15 is 0 Å². The molecule has 0 saturated carbocycles. The average molecular weight is 340 g/mol. The molecule has 1 amide bonds. The van der Waals surface area contributed by atoms with Gasteiger partial charge < -0.3 is 10.1 Å². The third-order valence-electron chi connectivity index (χ3n) is 3.58. The van der Waals surface area contributed by atoms with Gasteiger partial charge >= 0.3 is 0 Å². The van der Waals surface area contributed by atoms with E-state index in [2.05, 4.69) is 5.32 Å². The molecule has 0 radical (unpaired) electrons. The van der Waals surface area contributed by atoms with Crippen LogP contribution in [0.5, 0.6) is 5.75 Å². The lowest BCUT2D eigenvalue weighted by molar-refractivity contribution is -0.384. The van der Waals surface area contributed by atoms with Crippen molar-refractivity contribution in [3.8, 4) is 5.75 Å². The molecule has 0 aliphatic heterocycles. The first kappa shape index (κ1) is 18.2. The number of hydrogen-bond donors (Lipinski definition) is 1. The summed E-state index contributed by atoms with van der Waals surface area (Å²) < 4.78 is 5.39. The minimum atomic E-state index is -0.460. The van der Waals surface area contributed by atoms with Gasteiger partial charge in [0.05, 0.1) is 17.6 Å². The molecule has 6 heteroatoms. The highest BCUT2D eigenvalue weighted by molar-refractivity contribution is 5.92. The monoisotopic (exact) mass is 340 g/mol. The average Bonchev–Trinajstić information content (AvgIpc) is 2.61. The number of nitro benzene ring substituents is 1. The first-order valence-electron chi connectivity index (χ1n) is 7.95. The van der Waals surface area contributed by atoms with Crippen molar-refractivity contribution in [2.75, 3.05) is 6.61 Å². The Labute approximate surface area is 146 Å². The van der Waals surface area contributed by atoms with Crippen LogP contribution in [0.3, 0.4) is 0 Å². The Hall–Kier alpha value is -3.15. The summed E-state index contributed by atoms with van der Waals surface area (Å²) >= 11 is 0. The molecular formula is C19H20N2O4. The molecule has 2 rings (SSSR count). The van der Waals surface area contributed by atoms with Gasteiger partial charge in [-0.2, -0.15) is 0 Å². The highest BCUT2D eigenvalue weighted by Gasteiger charge is 2.08. The Bertz CT molecular complexity index is 752. The number of benzene rings is 2. The summed E-state index contributed by atoms with van der Waals surface area (Å²) in [4.78, 5) is 22.2. The predicted molar refractivity (Wildman–Crippen MR) is 96.3 cm³/mol. The Kier molecular flexibility index (Phi) is 6.28. The van der Waals surface area contributed by atoms with Crippen molar-refractivity contribution in [3.63, 3.8) is 0 Å². The van der Waals surface area contributed by atoms with Crippen molar-refractivity contribution in [2.45, 2.75) is 19.9 Å². The number of nitrogens with one attached hydrogen (secondary N) is 1. The van der Waals surface area contributed by atoms with Crippen molar-refractivity contribution in [3.05, 3.63) is 75.8 Å². The summed E-state index contributed by atoms with van der Waals surface area (Å²) in [7, 11) is 0. The zero-order chi connectivity index (χ0) is 18.2. The van der Waals surface area contributed by atoms with Gasteiger partial charge in [0, 0.05) is 18.2 Å². The number of rotatable bonds is 7. The summed E-state index contributed by atoms with van der Waals surface area (Å²) in [6, 6.07) is 13.4. The quantitative estimate of drug-likeness (QED) is 0.471. The zero-order valence-electron chi connectivity index (χ0n) is 14.1. The fourth-order valence-electron chi connectivity index (χ4n) is 2.24. The van der Waals surface area contributed by atoms with Gasteiger partial charge in [0.2, 0.25) is 5.91 Å². The van der Waals surface area contributed by atoms with Gasteiger partial charge in [-0.3, -0.25) is 14.9 Å². The fourth-order valence-corrected chi connectivity index (χ4v) is 2.24. The van der Waals surface area contributed by atoms with E-state index in [4.69, 9.17) is 4.74 Å². The molecule has 2 aromatic carbocycles. The minimum absolute atomic E-state index is 0.0192. The van der Waals surface area contributed by atoms with Crippen molar-refractivity contribution in [1.82, 2.24) is 5.32 Å². The van der Waals surface area contributed by atoms with E-state index < -0.39 is 4.92 Å². The van der Waals surface area contributed by atoms with E-state index in [0.717, 1.165) is 16.9 Å². The van der Waals surface area contributed by atoms with Crippen LogP contribution in [0.1, 0.15) is 31.0 Å². The lowest BCUT2D eigenvalue weighted by Crippen LogP contribution is -2.24. The van der Waals surface area contributed by atoms with Crippen LogP contribution in [0.2, 0.25) is 0 Å². The predicted octanol–water partition coefficient (Wildman–Crippen LogP) is 3.88. The molecule has 6 nitrogen and oxygen atoms in total. The van der Waals surface area contributed by atoms with Gasteiger partial charge in [-0.15, -0.1) is 0 Å². The Morgan fingerprint density at radius 1 is 1.20 bits per heavy atom. The normalized spacial score (nSPS) is 11.9. The van der Waals surface area contributed by atoms with Crippen LogP contribution in [0.15, 0.2) is 54.6 Å². The van der Waals surface area contributed by atoms with Crippen molar-refractivity contribution in [2.24, 2.45) is 0 Å². The maximum atomic E-state index is 12.0. The van der Waals surface area contributed by atoms with E-state index in [1.165, 1.54) is 18.2 Å². The van der Waals surface area contributed by atoms with Gasteiger partial charge in [0.15, 0.2) is 0 Å². The molecule has 0 aromatic heterocycles. The highest BCUT2D eigenvalue weighted by Crippen LogP contribution is 2.18. The van der Waals surface area contributed by atoms with Crippen LogP contribution in [0.25, 0.3) is 6.08 Å². The summed E-state index contributed by atoms with van der Waals surface area (Å²) in [6.45, 7) is 4.43. The second-order valence-electron chi connectivity index (χ2n) is 5.41. The van der Waals surface area contributed by atoms with Gasteiger partial charge in [-0.05, 0) is 55.3 Å². The van der Waals surface area contributed by atoms with Gasteiger partial charge in [0.25, 0.3) is 5.69 Å². The molecule has 25 heavy (non-hydrogen) atoms. The first-order chi connectivity index (χ1) is 12.0. The van der Waals surface area contributed by atoms with Crippen LogP contribution >= 0.6 is 0 Å². The molecule has 130 valence electrons. The topological polar surface area (TPSA) is 81.5 Å². The van der Waals surface area contributed by atoms with Crippen molar-refractivity contribution < 1.29 is 14.5 Å². The molecular weight excluding hydrogens is 320 g/mol. The molecule has 1 N–H and O–H groups in total. The van der Waals surface area contributed by atoms with Crippen LogP contribution < -0.4 is 10.1 Å². The number of nitro groups is 1. The Balaban J connectivity index is 1.93. The number of non-ortho nitro benzene ring substituents is 1. The van der Waals surface area contributed by atoms with E-state index in [9.17, 15) is 14.9 Å². The molecule has 0 aliphatic rings. The zero-order valence-corrected chi connectivity index (χ0v) is 14.1. The summed E-state index contributed by atoms with van der Waals surface area (Å²) in [6.07, 6.45) is 3.02. The van der Waals surface area contributed by atoms with Crippen LogP contribution in [0.4, 0.5) is 5.69 Å². The van der Waals surface area contributed by atoms with Crippen molar-refractivity contribution >= 4 is 17.7 Å². The lowest BCUT2D eigenvalue weighted by atomic mass is 10.1. The maximum Gasteiger partial charge on any atom is 0.269 e. The second kappa shape index (κ2) is 8.63. The number of carbonyl (C=O) groups excluding carboxylic acids is 1. The molecule has 0 saturated heterocycles. The SMILES string of the molecule is CCOc1ccc(C(C)NC(=O)/C=C/c2ccc([N+](=O)[O-])cc2)cc1. The number of hydrogen-bond acceptors (Lipinski definition) is 4. The van der Waals surface area contributed by atoms with E-state index in [1.807, 2.05) is 38.1 Å².